The standard InChI is InChI=1S/C18H16F3N5O3/c1-8-6-9(22)2-4-11(8)26-15-10(14(23)13(16(26)27)17(28)29)3-5-12(25-15)24-7-18(19,20)21/h2-6H,7,22-23H2,1H3,(H,24,25)(H,28,29). The van der Waals surface area contributed by atoms with Gasteiger partial charge in [-0.05, 0) is 42.8 Å². The highest BCUT2D eigenvalue weighted by atomic mass is 19.4. The number of carboxylic acid groups (broad SMARTS) is 1. The lowest BCUT2D eigenvalue weighted by Crippen LogP contribution is -2.29. The van der Waals surface area contributed by atoms with E-state index in [9.17, 15) is 27.9 Å². The molecule has 0 fully saturated rings. The monoisotopic (exact) mass is 407 g/mol. The van der Waals surface area contributed by atoms with E-state index in [4.69, 9.17) is 11.5 Å². The van der Waals surface area contributed by atoms with Crippen LogP contribution < -0.4 is 22.3 Å². The predicted octanol–water partition coefficient (Wildman–Crippen LogP) is 2.53. The van der Waals surface area contributed by atoms with E-state index in [-0.39, 0.29) is 28.2 Å². The van der Waals surface area contributed by atoms with Gasteiger partial charge in [-0.15, -0.1) is 0 Å². The van der Waals surface area contributed by atoms with Gasteiger partial charge in [-0.3, -0.25) is 9.36 Å². The molecule has 3 aromatic rings. The van der Waals surface area contributed by atoms with Crippen LogP contribution in [-0.4, -0.2) is 33.3 Å². The van der Waals surface area contributed by atoms with Crippen molar-refractivity contribution in [2.45, 2.75) is 13.1 Å². The summed E-state index contributed by atoms with van der Waals surface area (Å²) in [6, 6.07) is 7.09. The van der Waals surface area contributed by atoms with E-state index >= 15 is 0 Å². The summed E-state index contributed by atoms with van der Waals surface area (Å²) >= 11 is 0. The lowest BCUT2D eigenvalue weighted by Gasteiger charge is -2.17. The Labute approximate surface area is 161 Å². The number of anilines is 3. The molecule has 0 saturated heterocycles. The van der Waals surface area contributed by atoms with Gasteiger partial charge in [0.25, 0.3) is 5.56 Å². The van der Waals surface area contributed by atoms with Crippen LogP contribution in [0.1, 0.15) is 15.9 Å². The number of hydrogen-bond donors (Lipinski definition) is 4. The molecule has 8 nitrogen and oxygen atoms in total. The molecule has 0 aliphatic carbocycles. The van der Waals surface area contributed by atoms with Crippen LogP contribution in [0.2, 0.25) is 0 Å². The fraction of sp³-hybridized carbons (Fsp3) is 0.167. The first kappa shape index (κ1) is 20.0. The number of halogens is 3. The number of nitrogens with two attached hydrogens (primary N) is 2. The summed E-state index contributed by atoms with van der Waals surface area (Å²) in [5, 5.41) is 11.7. The average molecular weight is 407 g/mol. The number of fused-ring (bicyclic) bond motifs is 1. The Hall–Kier alpha value is -3.76. The third-order valence-electron chi connectivity index (χ3n) is 4.21. The van der Waals surface area contributed by atoms with Gasteiger partial charge in [0, 0.05) is 11.1 Å². The molecule has 152 valence electrons. The molecule has 1 aromatic carbocycles. The second-order valence-corrected chi connectivity index (χ2v) is 6.32. The topological polar surface area (TPSA) is 136 Å². The Morgan fingerprint density at radius 2 is 1.93 bits per heavy atom. The lowest BCUT2D eigenvalue weighted by atomic mass is 10.1. The van der Waals surface area contributed by atoms with Crippen LogP contribution in [0, 0.1) is 6.92 Å². The van der Waals surface area contributed by atoms with Gasteiger partial charge in [-0.2, -0.15) is 13.2 Å². The van der Waals surface area contributed by atoms with Crippen LogP contribution in [0.5, 0.6) is 0 Å². The fourth-order valence-corrected chi connectivity index (χ4v) is 2.94. The maximum Gasteiger partial charge on any atom is 0.405 e. The fourth-order valence-electron chi connectivity index (χ4n) is 2.94. The van der Waals surface area contributed by atoms with Crippen molar-refractivity contribution in [1.29, 1.82) is 0 Å². The molecule has 0 aliphatic rings. The first-order valence-electron chi connectivity index (χ1n) is 8.25. The van der Waals surface area contributed by atoms with Gasteiger partial charge in [0.2, 0.25) is 0 Å². The number of hydrogen-bond acceptors (Lipinski definition) is 6. The third-order valence-corrected chi connectivity index (χ3v) is 4.21. The average Bonchev–Trinajstić information content (AvgIpc) is 2.60. The van der Waals surface area contributed by atoms with Crippen molar-refractivity contribution in [3.63, 3.8) is 0 Å². The second-order valence-electron chi connectivity index (χ2n) is 6.32. The molecule has 0 spiro atoms. The number of nitrogen functional groups attached to an aromatic ring is 2. The summed E-state index contributed by atoms with van der Waals surface area (Å²) in [6.07, 6.45) is -4.48. The van der Waals surface area contributed by atoms with Crippen molar-refractivity contribution in [2.75, 3.05) is 23.3 Å². The summed E-state index contributed by atoms with van der Waals surface area (Å²) in [5.41, 5.74) is 10.8. The van der Waals surface area contributed by atoms with Crippen LogP contribution in [0.4, 0.5) is 30.4 Å². The van der Waals surface area contributed by atoms with Gasteiger partial charge < -0.3 is 21.9 Å². The largest absolute Gasteiger partial charge is 0.477 e. The summed E-state index contributed by atoms with van der Waals surface area (Å²) in [6.45, 7) is 0.311. The maximum atomic E-state index is 12.9. The molecule has 0 saturated carbocycles. The number of rotatable bonds is 4. The predicted molar refractivity (Wildman–Crippen MR) is 102 cm³/mol. The Balaban J connectivity index is 2.36. The van der Waals surface area contributed by atoms with Gasteiger partial charge in [0.05, 0.1) is 11.4 Å². The van der Waals surface area contributed by atoms with E-state index in [1.54, 1.807) is 13.0 Å². The van der Waals surface area contributed by atoms with Crippen molar-refractivity contribution in [3.8, 4) is 5.69 Å². The Kier molecular flexibility index (Phi) is 4.83. The highest BCUT2D eigenvalue weighted by Crippen LogP contribution is 2.27. The molecule has 3 rings (SSSR count). The highest BCUT2D eigenvalue weighted by Gasteiger charge is 2.27. The number of pyridine rings is 2. The molecular formula is C18H16F3N5O3. The van der Waals surface area contributed by atoms with E-state index < -0.39 is 29.8 Å². The van der Waals surface area contributed by atoms with Crippen LogP contribution in [0.3, 0.4) is 0 Å². The number of aromatic carboxylic acids is 1. The van der Waals surface area contributed by atoms with E-state index in [0.29, 0.717) is 11.3 Å². The first-order chi connectivity index (χ1) is 13.5. The number of carboxylic acids is 1. The molecule has 11 heteroatoms. The highest BCUT2D eigenvalue weighted by molar-refractivity contribution is 6.03. The van der Waals surface area contributed by atoms with Crippen LogP contribution in [-0.2, 0) is 0 Å². The number of aromatic nitrogens is 2. The van der Waals surface area contributed by atoms with Gasteiger partial charge in [-0.1, -0.05) is 0 Å². The molecule has 0 atom stereocenters. The number of aryl methyl sites for hydroxylation is 1. The SMILES string of the molecule is Cc1cc(N)ccc1-n1c(=O)c(C(=O)O)c(N)c2ccc(NCC(F)(F)F)nc21. The van der Waals surface area contributed by atoms with E-state index in [0.717, 1.165) is 4.57 Å². The maximum absolute atomic E-state index is 12.9. The van der Waals surface area contributed by atoms with Crippen LogP contribution in [0.15, 0.2) is 35.1 Å². The second kappa shape index (κ2) is 7.00. The zero-order chi connectivity index (χ0) is 21.5. The number of alkyl halides is 3. The minimum Gasteiger partial charge on any atom is -0.477 e. The molecule has 6 N–H and O–H groups in total. The van der Waals surface area contributed by atoms with Crippen molar-refractivity contribution < 1.29 is 23.1 Å². The lowest BCUT2D eigenvalue weighted by molar-refractivity contribution is -0.115. The van der Waals surface area contributed by atoms with E-state index in [2.05, 4.69) is 10.3 Å². The molecule has 0 unspecified atom stereocenters. The minimum atomic E-state index is -4.48. The minimum absolute atomic E-state index is 0.0856. The van der Waals surface area contributed by atoms with Crippen molar-refractivity contribution in [3.05, 3.63) is 51.8 Å². The Morgan fingerprint density at radius 3 is 2.52 bits per heavy atom. The van der Waals surface area contributed by atoms with Crippen LogP contribution >= 0.6 is 0 Å². The number of benzene rings is 1. The molecule has 29 heavy (non-hydrogen) atoms. The number of nitrogens with one attached hydrogen (secondary N) is 1. The summed E-state index contributed by atoms with van der Waals surface area (Å²) < 4.78 is 38.6. The molecular weight excluding hydrogens is 391 g/mol. The molecule has 0 aliphatic heterocycles. The van der Waals surface area contributed by atoms with Crippen molar-refractivity contribution in [2.24, 2.45) is 0 Å². The summed E-state index contributed by atoms with van der Waals surface area (Å²) in [4.78, 5) is 28.6. The normalized spacial score (nSPS) is 11.6. The van der Waals surface area contributed by atoms with Crippen LogP contribution in [0.25, 0.3) is 16.7 Å². The van der Waals surface area contributed by atoms with Gasteiger partial charge in [0.1, 0.15) is 17.9 Å². The van der Waals surface area contributed by atoms with Crippen molar-refractivity contribution >= 4 is 34.2 Å². The van der Waals surface area contributed by atoms with E-state index in [1.807, 2.05) is 0 Å². The number of carbonyl (C=O) groups is 1. The summed E-state index contributed by atoms with van der Waals surface area (Å²) in [5.74, 6) is -1.69. The molecule has 2 aromatic heterocycles. The smallest absolute Gasteiger partial charge is 0.405 e. The van der Waals surface area contributed by atoms with Crippen molar-refractivity contribution in [1.82, 2.24) is 9.55 Å². The Morgan fingerprint density at radius 1 is 1.24 bits per heavy atom. The number of nitrogens with zero attached hydrogens (tertiary/aromatic N) is 2. The third kappa shape index (κ3) is 3.79. The molecule has 0 bridgehead atoms. The summed E-state index contributed by atoms with van der Waals surface area (Å²) in [7, 11) is 0. The first-order valence-corrected chi connectivity index (χ1v) is 8.25. The van der Waals surface area contributed by atoms with Gasteiger partial charge >= 0.3 is 12.1 Å². The van der Waals surface area contributed by atoms with Gasteiger partial charge in [0.15, 0.2) is 5.65 Å². The molecule has 0 amide bonds. The van der Waals surface area contributed by atoms with Gasteiger partial charge in [-0.25, -0.2) is 9.78 Å². The quantitative estimate of drug-likeness (QED) is 0.488. The Bertz CT molecular complexity index is 1190. The zero-order valence-electron chi connectivity index (χ0n) is 15.0. The molecule has 0 radical (unpaired) electrons. The zero-order valence-corrected chi connectivity index (χ0v) is 15.0. The van der Waals surface area contributed by atoms with E-state index in [1.165, 1.54) is 24.3 Å². The molecule has 2 heterocycles.